The topological polar surface area (TPSA) is 91.1 Å². The molecule has 138 valence electrons. The van der Waals surface area contributed by atoms with Gasteiger partial charge in [0.25, 0.3) is 11.8 Å². The number of amides is 2. The zero-order chi connectivity index (χ0) is 19.3. The van der Waals surface area contributed by atoms with E-state index in [4.69, 9.17) is 19.9 Å². The van der Waals surface area contributed by atoms with Crippen molar-refractivity contribution in [2.45, 2.75) is 0 Å². The molecule has 0 atom stereocenters. The molecule has 3 aromatic rings. The number of hydrogen-bond acceptors (Lipinski definition) is 6. The first-order valence-electron chi connectivity index (χ1n) is 8.56. The van der Waals surface area contributed by atoms with E-state index in [0.717, 1.165) is 4.90 Å². The standard InChI is InChI=1S/C21H14N2O5/c22-12-1-4-14(5-2-12)28-15-6-7-16-17(10-15)21(25)23(20(16)24)13-3-8-18-19(9-13)27-11-26-18/h1-10H,11,22H2. The number of carbonyl (C=O) groups is 2. The molecule has 0 bridgehead atoms. The van der Waals surface area contributed by atoms with Crippen LogP contribution in [0.4, 0.5) is 11.4 Å². The third-order valence-electron chi connectivity index (χ3n) is 4.59. The Morgan fingerprint density at radius 2 is 1.50 bits per heavy atom. The number of nitrogens with zero attached hydrogens (tertiary/aromatic N) is 1. The first kappa shape index (κ1) is 16.2. The van der Waals surface area contributed by atoms with Crippen molar-refractivity contribution in [3.63, 3.8) is 0 Å². The molecule has 0 unspecified atom stereocenters. The smallest absolute Gasteiger partial charge is 0.266 e. The second-order valence-electron chi connectivity index (χ2n) is 6.36. The monoisotopic (exact) mass is 374 g/mol. The Balaban J connectivity index is 1.46. The molecule has 3 aromatic carbocycles. The van der Waals surface area contributed by atoms with Gasteiger partial charge in [0.2, 0.25) is 6.79 Å². The number of carbonyl (C=O) groups excluding carboxylic acids is 2. The molecule has 2 aliphatic rings. The number of benzene rings is 3. The predicted octanol–water partition coefficient (Wildman–Crippen LogP) is 3.59. The van der Waals surface area contributed by atoms with Gasteiger partial charge < -0.3 is 19.9 Å². The van der Waals surface area contributed by atoms with E-state index in [2.05, 4.69) is 0 Å². The summed E-state index contributed by atoms with van der Waals surface area (Å²) >= 11 is 0. The molecule has 5 rings (SSSR count). The number of hydrogen-bond donors (Lipinski definition) is 1. The average Bonchev–Trinajstić information content (AvgIpc) is 3.26. The van der Waals surface area contributed by atoms with Gasteiger partial charge in [-0.3, -0.25) is 9.59 Å². The molecule has 2 aliphatic heterocycles. The van der Waals surface area contributed by atoms with Crippen molar-refractivity contribution < 1.29 is 23.8 Å². The van der Waals surface area contributed by atoms with Crippen LogP contribution in [0.1, 0.15) is 20.7 Å². The van der Waals surface area contributed by atoms with Crippen LogP contribution in [0.5, 0.6) is 23.0 Å². The third kappa shape index (κ3) is 2.52. The van der Waals surface area contributed by atoms with Crippen LogP contribution in [-0.2, 0) is 0 Å². The van der Waals surface area contributed by atoms with E-state index in [1.165, 1.54) is 0 Å². The fourth-order valence-electron chi connectivity index (χ4n) is 3.21. The lowest BCUT2D eigenvalue weighted by molar-refractivity contribution is 0.0926. The number of anilines is 2. The minimum absolute atomic E-state index is 0.118. The van der Waals surface area contributed by atoms with E-state index in [9.17, 15) is 9.59 Å². The number of rotatable bonds is 3. The molecular formula is C21H14N2O5. The molecule has 7 nitrogen and oxygen atoms in total. The molecule has 0 saturated heterocycles. The van der Waals surface area contributed by atoms with Crippen LogP contribution in [-0.4, -0.2) is 18.6 Å². The van der Waals surface area contributed by atoms with E-state index in [0.29, 0.717) is 39.9 Å². The Hall–Kier alpha value is -4.00. The van der Waals surface area contributed by atoms with Crippen LogP contribution < -0.4 is 24.8 Å². The normalized spacial score (nSPS) is 14.4. The van der Waals surface area contributed by atoms with Gasteiger partial charge in [-0.25, -0.2) is 4.90 Å². The Bertz CT molecular complexity index is 1120. The number of nitrogen functional groups attached to an aromatic ring is 1. The van der Waals surface area contributed by atoms with Gasteiger partial charge in [0.15, 0.2) is 11.5 Å². The molecule has 0 aliphatic carbocycles. The van der Waals surface area contributed by atoms with Crippen LogP contribution in [0.15, 0.2) is 60.7 Å². The number of fused-ring (bicyclic) bond motifs is 2. The highest BCUT2D eigenvalue weighted by molar-refractivity contribution is 6.34. The van der Waals surface area contributed by atoms with Gasteiger partial charge in [-0.05, 0) is 54.6 Å². The van der Waals surface area contributed by atoms with E-state index >= 15 is 0 Å². The van der Waals surface area contributed by atoms with Crippen LogP contribution >= 0.6 is 0 Å². The SMILES string of the molecule is Nc1ccc(Oc2ccc3c(c2)C(=O)N(c2ccc4c(c2)OCO4)C3=O)cc1. The summed E-state index contributed by atoms with van der Waals surface area (Å²) in [6.45, 7) is 0.118. The molecule has 0 spiro atoms. The lowest BCUT2D eigenvalue weighted by Gasteiger charge is -2.14. The zero-order valence-corrected chi connectivity index (χ0v) is 14.5. The van der Waals surface area contributed by atoms with Crippen molar-refractivity contribution in [3.8, 4) is 23.0 Å². The highest BCUT2D eigenvalue weighted by Crippen LogP contribution is 2.38. The summed E-state index contributed by atoms with van der Waals surface area (Å²) in [6.07, 6.45) is 0. The van der Waals surface area contributed by atoms with Gasteiger partial charge in [-0.1, -0.05) is 0 Å². The lowest BCUT2D eigenvalue weighted by atomic mass is 10.1. The molecule has 0 fully saturated rings. The van der Waals surface area contributed by atoms with Crippen molar-refractivity contribution in [2.75, 3.05) is 17.4 Å². The highest BCUT2D eigenvalue weighted by Gasteiger charge is 2.37. The van der Waals surface area contributed by atoms with Crippen molar-refractivity contribution in [3.05, 3.63) is 71.8 Å². The van der Waals surface area contributed by atoms with Gasteiger partial charge in [0, 0.05) is 11.8 Å². The maximum Gasteiger partial charge on any atom is 0.266 e. The van der Waals surface area contributed by atoms with Crippen molar-refractivity contribution in [2.24, 2.45) is 0 Å². The summed E-state index contributed by atoms with van der Waals surface area (Å²) in [5, 5.41) is 0. The Labute approximate surface area is 159 Å². The second kappa shape index (κ2) is 6.02. The summed E-state index contributed by atoms with van der Waals surface area (Å²) in [6, 6.07) is 16.7. The molecule has 2 amide bonds. The first-order valence-corrected chi connectivity index (χ1v) is 8.56. The summed E-state index contributed by atoms with van der Waals surface area (Å²) in [4.78, 5) is 26.8. The van der Waals surface area contributed by atoms with Gasteiger partial charge in [0.05, 0.1) is 16.8 Å². The van der Waals surface area contributed by atoms with Gasteiger partial charge in [0.1, 0.15) is 11.5 Å². The van der Waals surface area contributed by atoms with Crippen LogP contribution in [0, 0.1) is 0 Å². The van der Waals surface area contributed by atoms with E-state index in [1.807, 2.05) is 0 Å². The molecule has 7 heteroatoms. The largest absolute Gasteiger partial charge is 0.457 e. The summed E-state index contributed by atoms with van der Waals surface area (Å²) < 4.78 is 16.4. The maximum absolute atomic E-state index is 12.9. The summed E-state index contributed by atoms with van der Waals surface area (Å²) in [7, 11) is 0. The van der Waals surface area contributed by atoms with Crippen molar-refractivity contribution >= 4 is 23.2 Å². The zero-order valence-electron chi connectivity index (χ0n) is 14.5. The Morgan fingerprint density at radius 1 is 0.786 bits per heavy atom. The molecule has 28 heavy (non-hydrogen) atoms. The second-order valence-corrected chi connectivity index (χ2v) is 6.36. The molecule has 0 radical (unpaired) electrons. The number of nitrogens with two attached hydrogens (primary N) is 1. The fourth-order valence-corrected chi connectivity index (χ4v) is 3.21. The van der Waals surface area contributed by atoms with E-state index in [1.54, 1.807) is 60.7 Å². The highest BCUT2D eigenvalue weighted by atomic mass is 16.7. The fraction of sp³-hybridized carbons (Fsp3) is 0.0476. The van der Waals surface area contributed by atoms with Gasteiger partial charge in [-0.15, -0.1) is 0 Å². The van der Waals surface area contributed by atoms with Crippen LogP contribution in [0.25, 0.3) is 0 Å². The van der Waals surface area contributed by atoms with Crippen molar-refractivity contribution in [1.29, 1.82) is 0 Å². The predicted molar refractivity (Wildman–Crippen MR) is 101 cm³/mol. The Kier molecular flexibility index (Phi) is 3.48. The van der Waals surface area contributed by atoms with E-state index in [-0.39, 0.29) is 12.4 Å². The lowest BCUT2D eigenvalue weighted by Crippen LogP contribution is -2.29. The van der Waals surface area contributed by atoms with Gasteiger partial charge >= 0.3 is 0 Å². The number of imide groups is 1. The van der Waals surface area contributed by atoms with Crippen LogP contribution in [0.2, 0.25) is 0 Å². The molecule has 2 heterocycles. The molecule has 0 aromatic heterocycles. The van der Waals surface area contributed by atoms with Crippen LogP contribution in [0.3, 0.4) is 0 Å². The molecular weight excluding hydrogens is 360 g/mol. The van der Waals surface area contributed by atoms with E-state index < -0.39 is 11.8 Å². The third-order valence-corrected chi connectivity index (χ3v) is 4.59. The minimum Gasteiger partial charge on any atom is -0.457 e. The Morgan fingerprint density at radius 3 is 2.32 bits per heavy atom. The first-order chi connectivity index (χ1) is 13.6. The van der Waals surface area contributed by atoms with Gasteiger partial charge in [-0.2, -0.15) is 0 Å². The summed E-state index contributed by atoms with van der Waals surface area (Å²) in [5.41, 5.74) is 7.34. The molecule has 2 N–H and O–H groups in total. The molecule has 0 saturated carbocycles. The quantitative estimate of drug-likeness (QED) is 0.556. The summed E-state index contributed by atoms with van der Waals surface area (Å²) in [5.74, 6) is 1.32. The minimum atomic E-state index is -0.415. The maximum atomic E-state index is 12.9. The van der Waals surface area contributed by atoms with Crippen molar-refractivity contribution in [1.82, 2.24) is 0 Å². The number of ether oxygens (including phenoxy) is 3. The average molecular weight is 374 g/mol.